The van der Waals surface area contributed by atoms with Crippen LogP contribution in [-0.4, -0.2) is 26.0 Å². The van der Waals surface area contributed by atoms with E-state index in [1.54, 1.807) is 29.6 Å². The highest BCUT2D eigenvalue weighted by molar-refractivity contribution is 7.89. The molecule has 1 aromatic heterocycles. The van der Waals surface area contributed by atoms with Gasteiger partial charge in [0, 0.05) is 6.54 Å². The van der Waals surface area contributed by atoms with Crippen molar-refractivity contribution < 1.29 is 18.3 Å². The van der Waals surface area contributed by atoms with Crippen molar-refractivity contribution in [1.29, 1.82) is 0 Å². The largest absolute Gasteiger partial charge is 0.477 e. The monoisotopic (exact) mass is 311 g/mol. The summed E-state index contributed by atoms with van der Waals surface area (Å²) in [6, 6.07) is 9.67. The fraction of sp³-hybridized carbons (Fsp3) is 0.154. The van der Waals surface area contributed by atoms with Gasteiger partial charge >= 0.3 is 5.97 Å². The molecular weight excluding hydrogens is 298 g/mol. The summed E-state index contributed by atoms with van der Waals surface area (Å²) in [4.78, 5) is 11.2. The predicted molar refractivity (Wildman–Crippen MR) is 76.6 cm³/mol. The first kappa shape index (κ1) is 14.7. The summed E-state index contributed by atoms with van der Waals surface area (Å²) in [6.45, 7) is 0.229. The minimum Gasteiger partial charge on any atom is -0.477 e. The SMILES string of the molecule is O=C(O)c1cc(CCNS(=O)(=O)c2ccccc2)cs1. The lowest BCUT2D eigenvalue weighted by Gasteiger charge is -2.05. The molecule has 2 rings (SSSR count). The Morgan fingerprint density at radius 2 is 1.95 bits per heavy atom. The molecule has 0 atom stereocenters. The van der Waals surface area contributed by atoms with E-state index in [0.717, 1.165) is 16.9 Å². The van der Waals surface area contributed by atoms with E-state index < -0.39 is 16.0 Å². The Kier molecular flexibility index (Phi) is 4.53. The van der Waals surface area contributed by atoms with Gasteiger partial charge in [0.15, 0.2) is 0 Å². The molecule has 0 aliphatic rings. The zero-order chi connectivity index (χ0) is 14.6. The van der Waals surface area contributed by atoms with Gasteiger partial charge in [-0.1, -0.05) is 18.2 Å². The van der Waals surface area contributed by atoms with Crippen molar-refractivity contribution in [3.63, 3.8) is 0 Å². The smallest absolute Gasteiger partial charge is 0.345 e. The molecule has 0 amide bonds. The molecule has 0 saturated heterocycles. The van der Waals surface area contributed by atoms with Gasteiger partial charge < -0.3 is 5.11 Å². The van der Waals surface area contributed by atoms with Gasteiger partial charge in [-0.3, -0.25) is 0 Å². The summed E-state index contributed by atoms with van der Waals surface area (Å²) in [5.41, 5.74) is 0.808. The molecule has 0 spiro atoms. The van der Waals surface area contributed by atoms with E-state index in [1.807, 2.05) is 0 Å². The van der Waals surface area contributed by atoms with Crippen LogP contribution in [0.1, 0.15) is 15.2 Å². The van der Waals surface area contributed by atoms with Crippen LogP contribution in [0.5, 0.6) is 0 Å². The Labute approximate surface area is 120 Å². The molecule has 1 heterocycles. The van der Waals surface area contributed by atoms with Crippen LogP contribution in [0.2, 0.25) is 0 Å². The predicted octanol–water partition coefficient (Wildman–Crippen LogP) is 1.97. The fourth-order valence-corrected chi connectivity index (χ4v) is 3.47. The molecular formula is C13H13NO4S2. The van der Waals surface area contributed by atoms with Gasteiger partial charge in [-0.25, -0.2) is 17.9 Å². The molecule has 0 bridgehead atoms. The van der Waals surface area contributed by atoms with Crippen molar-refractivity contribution in [2.45, 2.75) is 11.3 Å². The number of thiophene rings is 1. The third-order valence-corrected chi connectivity index (χ3v) is 5.07. The number of benzene rings is 1. The number of rotatable bonds is 6. The number of carboxylic acid groups (broad SMARTS) is 1. The first-order valence-electron chi connectivity index (χ1n) is 5.84. The third-order valence-electron chi connectivity index (χ3n) is 2.62. The number of hydrogen-bond donors (Lipinski definition) is 2. The first-order chi connectivity index (χ1) is 9.49. The van der Waals surface area contributed by atoms with Crippen molar-refractivity contribution in [3.05, 3.63) is 52.2 Å². The van der Waals surface area contributed by atoms with Crippen molar-refractivity contribution in [3.8, 4) is 0 Å². The van der Waals surface area contributed by atoms with Crippen LogP contribution < -0.4 is 4.72 Å². The molecule has 106 valence electrons. The molecule has 2 N–H and O–H groups in total. The van der Waals surface area contributed by atoms with E-state index in [0.29, 0.717) is 6.42 Å². The minimum atomic E-state index is -3.50. The Balaban J connectivity index is 1.94. The summed E-state index contributed by atoms with van der Waals surface area (Å²) in [7, 11) is -3.50. The third kappa shape index (κ3) is 3.66. The molecule has 2 aromatic rings. The molecule has 0 unspecified atom stereocenters. The summed E-state index contributed by atoms with van der Waals surface area (Å²) in [5, 5.41) is 10.5. The maximum Gasteiger partial charge on any atom is 0.345 e. The zero-order valence-electron chi connectivity index (χ0n) is 10.4. The number of carboxylic acids is 1. The van der Waals surface area contributed by atoms with Gasteiger partial charge in [-0.05, 0) is 35.6 Å². The highest BCUT2D eigenvalue weighted by Crippen LogP contribution is 2.15. The van der Waals surface area contributed by atoms with Crippen LogP contribution in [0.15, 0.2) is 46.7 Å². The Bertz CT molecular complexity index is 692. The second-order valence-electron chi connectivity index (χ2n) is 4.09. The number of aromatic carboxylic acids is 1. The van der Waals surface area contributed by atoms with E-state index in [1.165, 1.54) is 12.1 Å². The molecule has 0 aliphatic carbocycles. The fourth-order valence-electron chi connectivity index (χ4n) is 1.63. The topological polar surface area (TPSA) is 83.5 Å². The highest BCUT2D eigenvalue weighted by atomic mass is 32.2. The minimum absolute atomic E-state index is 0.219. The first-order valence-corrected chi connectivity index (χ1v) is 8.21. The maximum atomic E-state index is 11.9. The normalized spacial score (nSPS) is 11.4. The molecule has 5 nitrogen and oxygen atoms in total. The van der Waals surface area contributed by atoms with Crippen LogP contribution in [0.25, 0.3) is 0 Å². The molecule has 20 heavy (non-hydrogen) atoms. The molecule has 0 fully saturated rings. The summed E-state index contributed by atoms with van der Waals surface area (Å²) in [5.74, 6) is -0.967. The van der Waals surface area contributed by atoms with E-state index in [4.69, 9.17) is 5.11 Å². The van der Waals surface area contributed by atoms with E-state index in [-0.39, 0.29) is 16.3 Å². The van der Waals surface area contributed by atoms with Gasteiger partial charge in [-0.15, -0.1) is 11.3 Å². The molecule has 0 radical (unpaired) electrons. The number of sulfonamides is 1. The molecule has 1 aromatic carbocycles. The quantitative estimate of drug-likeness (QED) is 0.854. The van der Waals surface area contributed by atoms with Crippen LogP contribution in [0.3, 0.4) is 0 Å². The van der Waals surface area contributed by atoms with Crippen molar-refractivity contribution in [2.75, 3.05) is 6.54 Å². The maximum absolute atomic E-state index is 11.9. The van der Waals surface area contributed by atoms with Crippen LogP contribution in [-0.2, 0) is 16.4 Å². The van der Waals surface area contributed by atoms with E-state index >= 15 is 0 Å². The Morgan fingerprint density at radius 1 is 1.25 bits per heavy atom. The summed E-state index contributed by atoms with van der Waals surface area (Å²) in [6.07, 6.45) is 0.454. The molecule has 0 saturated carbocycles. The highest BCUT2D eigenvalue weighted by Gasteiger charge is 2.13. The van der Waals surface area contributed by atoms with Crippen LogP contribution in [0, 0.1) is 0 Å². The number of nitrogens with one attached hydrogen (secondary N) is 1. The summed E-state index contributed by atoms with van der Waals surface area (Å²) >= 11 is 1.14. The van der Waals surface area contributed by atoms with Gasteiger partial charge in [0.05, 0.1) is 4.90 Å². The van der Waals surface area contributed by atoms with Gasteiger partial charge in [-0.2, -0.15) is 0 Å². The zero-order valence-corrected chi connectivity index (χ0v) is 12.1. The average Bonchev–Trinajstić information content (AvgIpc) is 2.89. The van der Waals surface area contributed by atoms with E-state index in [9.17, 15) is 13.2 Å². The lowest BCUT2D eigenvalue weighted by Crippen LogP contribution is -2.25. The van der Waals surface area contributed by atoms with Gasteiger partial charge in [0.1, 0.15) is 4.88 Å². The van der Waals surface area contributed by atoms with Crippen molar-refractivity contribution >= 4 is 27.3 Å². The molecule has 0 aliphatic heterocycles. The van der Waals surface area contributed by atoms with Crippen molar-refractivity contribution in [1.82, 2.24) is 4.72 Å². The van der Waals surface area contributed by atoms with Gasteiger partial charge in [0.2, 0.25) is 10.0 Å². The number of carbonyl (C=O) groups is 1. The van der Waals surface area contributed by atoms with E-state index in [2.05, 4.69) is 4.72 Å². The second-order valence-corrected chi connectivity index (χ2v) is 6.76. The average molecular weight is 311 g/mol. The lowest BCUT2D eigenvalue weighted by molar-refractivity contribution is 0.0702. The Morgan fingerprint density at radius 3 is 2.55 bits per heavy atom. The molecule has 7 heteroatoms. The van der Waals surface area contributed by atoms with Crippen LogP contribution in [0.4, 0.5) is 0 Å². The van der Waals surface area contributed by atoms with Crippen molar-refractivity contribution in [2.24, 2.45) is 0 Å². The standard InChI is InChI=1S/C13H13NO4S2/c15-13(16)12-8-10(9-19-12)6-7-14-20(17,18)11-4-2-1-3-5-11/h1-5,8-9,14H,6-7H2,(H,15,16). The number of hydrogen-bond acceptors (Lipinski definition) is 4. The van der Waals surface area contributed by atoms with Crippen LogP contribution >= 0.6 is 11.3 Å². The Hall–Kier alpha value is -1.70. The second kappa shape index (κ2) is 6.17. The summed E-state index contributed by atoms with van der Waals surface area (Å²) < 4.78 is 26.4. The lowest BCUT2D eigenvalue weighted by atomic mass is 10.2. The van der Waals surface area contributed by atoms with Gasteiger partial charge in [0.25, 0.3) is 0 Å².